The number of aromatic nitrogens is 4. The van der Waals surface area contributed by atoms with Crippen LogP contribution in [0.25, 0.3) is 11.0 Å². The quantitative estimate of drug-likeness (QED) is 0.536. The Kier molecular flexibility index (Phi) is 6.15. The van der Waals surface area contributed by atoms with Crippen molar-refractivity contribution in [2.75, 3.05) is 10.6 Å². The summed E-state index contributed by atoms with van der Waals surface area (Å²) in [6.45, 7) is 1.55. The molecule has 3 N–H and O–H groups in total. The molecule has 8 nitrogen and oxygen atoms in total. The molecule has 0 atom stereocenters. The van der Waals surface area contributed by atoms with E-state index in [-0.39, 0.29) is 18.0 Å². The van der Waals surface area contributed by atoms with E-state index >= 15 is 0 Å². The average Bonchev–Trinajstić information content (AvgIpc) is 2.72. The van der Waals surface area contributed by atoms with Crippen molar-refractivity contribution in [2.24, 2.45) is 0 Å². The molecular weight excluding hydrogens is 425 g/mol. The van der Waals surface area contributed by atoms with Crippen LogP contribution in [0.4, 0.5) is 17.5 Å². The highest BCUT2D eigenvalue weighted by molar-refractivity contribution is 6.42. The molecule has 1 aromatic carbocycles. The van der Waals surface area contributed by atoms with E-state index in [9.17, 15) is 4.79 Å². The number of anilines is 3. The van der Waals surface area contributed by atoms with Crippen molar-refractivity contribution in [2.45, 2.75) is 44.7 Å². The van der Waals surface area contributed by atoms with Crippen molar-refractivity contribution >= 4 is 57.6 Å². The number of halogens is 2. The second kappa shape index (κ2) is 8.97. The highest BCUT2D eigenvalue weighted by Gasteiger charge is 2.22. The van der Waals surface area contributed by atoms with Gasteiger partial charge in [-0.3, -0.25) is 4.79 Å². The molecule has 1 aliphatic carbocycles. The molecule has 4 rings (SSSR count). The van der Waals surface area contributed by atoms with Gasteiger partial charge in [0.1, 0.15) is 17.4 Å². The van der Waals surface area contributed by atoms with Crippen molar-refractivity contribution in [3.63, 3.8) is 0 Å². The molecule has 3 aromatic rings. The Morgan fingerprint density at radius 1 is 1.03 bits per heavy atom. The molecule has 1 amide bonds. The first-order valence-electron chi connectivity index (χ1n) is 9.71. The van der Waals surface area contributed by atoms with Crippen molar-refractivity contribution in [3.05, 3.63) is 40.8 Å². The molecule has 1 aliphatic rings. The van der Waals surface area contributed by atoms with Gasteiger partial charge < -0.3 is 16.0 Å². The van der Waals surface area contributed by atoms with Gasteiger partial charge in [-0.15, -0.1) is 0 Å². The Bertz CT molecular complexity index is 1070. The Labute approximate surface area is 183 Å². The van der Waals surface area contributed by atoms with E-state index in [1.165, 1.54) is 6.33 Å². The molecule has 0 radical (unpaired) electrons. The number of carbonyl (C=O) groups is 1. The van der Waals surface area contributed by atoms with Crippen LogP contribution in [-0.4, -0.2) is 37.9 Å². The second-order valence-electron chi connectivity index (χ2n) is 7.30. The van der Waals surface area contributed by atoms with Gasteiger partial charge in [0.05, 0.1) is 16.2 Å². The zero-order valence-electron chi connectivity index (χ0n) is 16.3. The van der Waals surface area contributed by atoms with Crippen LogP contribution in [0, 0.1) is 0 Å². The number of hydrogen-bond acceptors (Lipinski definition) is 7. The lowest BCUT2D eigenvalue weighted by atomic mass is 9.91. The molecule has 0 spiro atoms. The summed E-state index contributed by atoms with van der Waals surface area (Å²) in [5.74, 6) is 1.10. The molecule has 2 heterocycles. The molecule has 1 saturated carbocycles. The molecular formula is C20H21Cl2N7O. The van der Waals surface area contributed by atoms with Gasteiger partial charge in [0.15, 0.2) is 5.82 Å². The van der Waals surface area contributed by atoms with Crippen molar-refractivity contribution in [1.29, 1.82) is 0 Å². The Hall–Kier alpha value is -2.71. The van der Waals surface area contributed by atoms with Gasteiger partial charge in [-0.25, -0.2) is 19.9 Å². The number of nitrogens with zero attached hydrogens (tertiary/aromatic N) is 4. The van der Waals surface area contributed by atoms with E-state index in [4.69, 9.17) is 23.2 Å². The Morgan fingerprint density at radius 2 is 1.80 bits per heavy atom. The predicted octanol–water partition coefficient (Wildman–Crippen LogP) is 4.33. The van der Waals surface area contributed by atoms with Crippen molar-refractivity contribution in [1.82, 2.24) is 25.3 Å². The topological polar surface area (TPSA) is 105 Å². The summed E-state index contributed by atoms with van der Waals surface area (Å²) in [7, 11) is 0. The molecule has 0 saturated heterocycles. The summed E-state index contributed by atoms with van der Waals surface area (Å²) in [5, 5.41) is 10.5. The van der Waals surface area contributed by atoms with E-state index in [0.717, 1.165) is 31.4 Å². The molecule has 30 heavy (non-hydrogen) atoms. The Balaban J connectivity index is 1.50. The summed E-state index contributed by atoms with van der Waals surface area (Å²) in [6, 6.07) is 5.76. The van der Waals surface area contributed by atoms with Gasteiger partial charge >= 0.3 is 0 Å². The van der Waals surface area contributed by atoms with Crippen LogP contribution in [0.5, 0.6) is 0 Å². The zero-order valence-corrected chi connectivity index (χ0v) is 17.8. The minimum absolute atomic E-state index is 0.0197. The molecule has 10 heteroatoms. The number of benzene rings is 1. The maximum Gasteiger partial charge on any atom is 0.223 e. The average molecular weight is 446 g/mol. The lowest BCUT2D eigenvalue weighted by molar-refractivity contribution is -0.119. The number of nitrogens with one attached hydrogen (secondary N) is 3. The fraction of sp³-hybridized carbons (Fsp3) is 0.350. The first kappa shape index (κ1) is 20.6. The van der Waals surface area contributed by atoms with Crippen LogP contribution in [0.2, 0.25) is 10.0 Å². The smallest absolute Gasteiger partial charge is 0.223 e. The van der Waals surface area contributed by atoms with Crippen molar-refractivity contribution < 1.29 is 4.79 Å². The molecule has 2 aromatic heterocycles. The monoisotopic (exact) mass is 445 g/mol. The third kappa shape index (κ3) is 4.88. The van der Waals surface area contributed by atoms with Gasteiger partial charge in [0.25, 0.3) is 0 Å². The lowest BCUT2D eigenvalue weighted by Crippen LogP contribution is -2.39. The third-order valence-electron chi connectivity index (χ3n) is 5.03. The van der Waals surface area contributed by atoms with Crippen LogP contribution in [0.3, 0.4) is 0 Å². The zero-order chi connectivity index (χ0) is 21.1. The molecule has 0 unspecified atom stereocenters. The van der Waals surface area contributed by atoms with Crippen LogP contribution >= 0.6 is 23.2 Å². The van der Waals surface area contributed by atoms with Gasteiger partial charge in [0, 0.05) is 24.7 Å². The lowest BCUT2D eigenvalue weighted by Gasteiger charge is -2.29. The molecule has 1 fully saturated rings. The predicted molar refractivity (Wildman–Crippen MR) is 118 cm³/mol. The minimum Gasteiger partial charge on any atom is -0.354 e. The molecule has 0 aliphatic heterocycles. The summed E-state index contributed by atoms with van der Waals surface area (Å²) in [6.07, 6.45) is 6.87. The fourth-order valence-electron chi connectivity index (χ4n) is 3.58. The van der Waals surface area contributed by atoms with Gasteiger partial charge in [-0.2, -0.15) is 0 Å². The molecule has 156 valence electrons. The summed E-state index contributed by atoms with van der Waals surface area (Å²) < 4.78 is 0. The fourth-order valence-corrected chi connectivity index (χ4v) is 3.88. The van der Waals surface area contributed by atoms with E-state index in [1.54, 1.807) is 25.3 Å². The van der Waals surface area contributed by atoms with E-state index in [1.807, 2.05) is 6.07 Å². The molecule has 0 bridgehead atoms. The summed E-state index contributed by atoms with van der Waals surface area (Å²) in [5.41, 5.74) is 1.98. The number of carbonyl (C=O) groups excluding carboxylic acids is 1. The number of fused-ring (bicyclic) bond motifs is 1. The minimum atomic E-state index is 0.0197. The largest absolute Gasteiger partial charge is 0.354 e. The van der Waals surface area contributed by atoms with Crippen LogP contribution in [0.1, 0.15) is 32.6 Å². The van der Waals surface area contributed by atoms with E-state index in [2.05, 4.69) is 35.9 Å². The number of hydrogen-bond donors (Lipinski definition) is 3. The van der Waals surface area contributed by atoms with Gasteiger partial charge in [0.2, 0.25) is 11.9 Å². The standard InChI is InChI=1S/C20H21Cl2N7O/c1-11(30)26-12-2-4-13(5-3-12)28-20-23-9-17-18(29-20)19(25-10-24-17)27-14-6-7-15(21)16(22)8-14/h6-10,12-13H,2-5H2,1H3,(H,26,30)(H,23,28,29)(H,24,25,27)/t12-,13-. The first-order chi connectivity index (χ1) is 14.5. The van der Waals surface area contributed by atoms with Crippen LogP contribution in [-0.2, 0) is 4.79 Å². The SMILES string of the molecule is CC(=O)N[C@H]1CC[C@H](Nc2ncc3ncnc(Nc4ccc(Cl)c(Cl)c4)c3n2)CC1. The number of amides is 1. The Morgan fingerprint density at radius 3 is 2.53 bits per heavy atom. The highest BCUT2D eigenvalue weighted by atomic mass is 35.5. The van der Waals surface area contributed by atoms with Gasteiger partial charge in [-0.1, -0.05) is 23.2 Å². The summed E-state index contributed by atoms with van der Waals surface area (Å²) >= 11 is 12.1. The van der Waals surface area contributed by atoms with E-state index in [0.29, 0.717) is 32.8 Å². The highest BCUT2D eigenvalue weighted by Crippen LogP contribution is 2.28. The number of rotatable bonds is 5. The maximum absolute atomic E-state index is 11.2. The van der Waals surface area contributed by atoms with Gasteiger partial charge in [-0.05, 0) is 43.9 Å². The first-order valence-corrected chi connectivity index (χ1v) is 10.5. The van der Waals surface area contributed by atoms with E-state index < -0.39 is 0 Å². The second-order valence-corrected chi connectivity index (χ2v) is 8.11. The van der Waals surface area contributed by atoms with Crippen LogP contribution in [0.15, 0.2) is 30.7 Å². The van der Waals surface area contributed by atoms with Crippen molar-refractivity contribution in [3.8, 4) is 0 Å². The third-order valence-corrected chi connectivity index (χ3v) is 5.77. The van der Waals surface area contributed by atoms with Crippen LogP contribution < -0.4 is 16.0 Å². The maximum atomic E-state index is 11.2. The normalized spacial score (nSPS) is 18.8. The summed E-state index contributed by atoms with van der Waals surface area (Å²) in [4.78, 5) is 28.8.